The normalized spacial score (nSPS) is 10.4. The molecule has 0 aliphatic heterocycles. The first-order valence-corrected chi connectivity index (χ1v) is 8.92. The fourth-order valence-electron chi connectivity index (χ4n) is 1.93. The highest BCUT2D eigenvalue weighted by atomic mass is 79.9. The maximum Gasteiger partial charge on any atom is 0.234 e. The average Bonchev–Trinajstić information content (AvgIpc) is 2.63. The van der Waals surface area contributed by atoms with E-state index in [1.165, 1.54) is 11.8 Å². The standard InChI is InChI=1S/C17H13BrN4OS/c18-13-6-8-14(9-7-13)20-16(23)11-24-17-19-10-15(21-22-17)12-4-2-1-3-5-12/h1-10H,11H2,(H,20,23). The van der Waals surface area contributed by atoms with Gasteiger partial charge in [-0.25, -0.2) is 4.98 Å². The molecule has 120 valence electrons. The zero-order valence-electron chi connectivity index (χ0n) is 12.5. The Morgan fingerprint density at radius 3 is 2.46 bits per heavy atom. The number of halogens is 1. The van der Waals surface area contributed by atoms with Crippen molar-refractivity contribution >= 4 is 39.3 Å². The van der Waals surface area contributed by atoms with Crippen LogP contribution in [0.3, 0.4) is 0 Å². The van der Waals surface area contributed by atoms with Crippen molar-refractivity contribution in [1.29, 1.82) is 0 Å². The summed E-state index contributed by atoms with van der Waals surface area (Å²) >= 11 is 4.60. The highest BCUT2D eigenvalue weighted by Crippen LogP contribution is 2.18. The van der Waals surface area contributed by atoms with Crippen LogP contribution in [-0.2, 0) is 4.79 Å². The monoisotopic (exact) mass is 400 g/mol. The maximum absolute atomic E-state index is 11.9. The van der Waals surface area contributed by atoms with Crippen molar-refractivity contribution in [1.82, 2.24) is 15.2 Å². The maximum atomic E-state index is 11.9. The van der Waals surface area contributed by atoms with Crippen LogP contribution in [0, 0.1) is 0 Å². The Balaban J connectivity index is 1.54. The van der Waals surface area contributed by atoms with Gasteiger partial charge in [0.1, 0.15) is 5.69 Å². The quantitative estimate of drug-likeness (QED) is 0.654. The minimum Gasteiger partial charge on any atom is -0.325 e. The number of nitrogens with zero attached hydrogens (tertiary/aromatic N) is 3. The van der Waals surface area contributed by atoms with E-state index in [0.717, 1.165) is 15.7 Å². The van der Waals surface area contributed by atoms with Crippen LogP contribution in [0.25, 0.3) is 11.3 Å². The predicted octanol–water partition coefficient (Wildman–Crippen LogP) is 4.03. The van der Waals surface area contributed by atoms with Crippen LogP contribution in [-0.4, -0.2) is 26.8 Å². The molecule has 0 atom stereocenters. The fourth-order valence-corrected chi connectivity index (χ4v) is 2.75. The average molecular weight is 401 g/mol. The molecule has 1 heterocycles. The molecule has 0 fully saturated rings. The van der Waals surface area contributed by atoms with E-state index in [1.54, 1.807) is 6.20 Å². The number of amides is 1. The Morgan fingerprint density at radius 1 is 1.04 bits per heavy atom. The van der Waals surface area contributed by atoms with E-state index in [0.29, 0.717) is 10.9 Å². The lowest BCUT2D eigenvalue weighted by Crippen LogP contribution is -2.14. The molecule has 3 aromatic rings. The summed E-state index contributed by atoms with van der Waals surface area (Å²) in [4.78, 5) is 16.2. The van der Waals surface area contributed by atoms with Crippen molar-refractivity contribution in [2.75, 3.05) is 11.1 Å². The Morgan fingerprint density at radius 2 is 1.79 bits per heavy atom. The summed E-state index contributed by atoms with van der Waals surface area (Å²) in [6.45, 7) is 0. The highest BCUT2D eigenvalue weighted by Gasteiger charge is 2.07. The second kappa shape index (κ2) is 8.03. The summed E-state index contributed by atoms with van der Waals surface area (Å²) in [7, 11) is 0. The zero-order chi connectivity index (χ0) is 16.8. The molecule has 1 amide bonds. The topological polar surface area (TPSA) is 67.8 Å². The van der Waals surface area contributed by atoms with Gasteiger partial charge in [0.2, 0.25) is 11.1 Å². The first-order valence-electron chi connectivity index (χ1n) is 7.14. The van der Waals surface area contributed by atoms with Crippen molar-refractivity contribution in [2.45, 2.75) is 5.16 Å². The van der Waals surface area contributed by atoms with Gasteiger partial charge in [-0.05, 0) is 24.3 Å². The number of carbonyl (C=O) groups excluding carboxylic acids is 1. The first-order chi connectivity index (χ1) is 11.7. The van der Waals surface area contributed by atoms with Gasteiger partial charge in [0.15, 0.2) is 0 Å². The van der Waals surface area contributed by atoms with Crippen molar-refractivity contribution in [3.8, 4) is 11.3 Å². The van der Waals surface area contributed by atoms with Crippen LogP contribution < -0.4 is 5.32 Å². The largest absolute Gasteiger partial charge is 0.325 e. The van der Waals surface area contributed by atoms with Crippen LogP contribution in [0.2, 0.25) is 0 Å². The third kappa shape index (κ3) is 4.62. The summed E-state index contributed by atoms with van der Waals surface area (Å²) in [5.74, 6) is 0.112. The molecule has 7 heteroatoms. The molecule has 3 rings (SSSR count). The lowest BCUT2D eigenvalue weighted by Gasteiger charge is -2.05. The minimum absolute atomic E-state index is 0.113. The number of carbonyl (C=O) groups is 1. The van der Waals surface area contributed by atoms with Gasteiger partial charge in [-0.3, -0.25) is 4.79 Å². The third-order valence-electron chi connectivity index (χ3n) is 3.07. The molecule has 0 aliphatic rings. The molecule has 0 aliphatic carbocycles. The lowest BCUT2D eigenvalue weighted by molar-refractivity contribution is -0.113. The second-order valence-electron chi connectivity index (χ2n) is 4.84. The number of nitrogens with one attached hydrogen (secondary N) is 1. The molecule has 24 heavy (non-hydrogen) atoms. The van der Waals surface area contributed by atoms with Crippen LogP contribution in [0.15, 0.2) is 70.4 Å². The number of rotatable bonds is 5. The van der Waals surface area contributed by atoms with Crippen LogP contribution >= 0.6 is 27.7 Å². The molecule has 0 radical (unpaired) electrons. The van der Waals surface area contributed by atoms with E-state index in [4.69, 9.17) is 0 Å². The van der Waals surface area contributed by atoms with E-state index in [1.807, 2.05) is 54.6 Å². The molecule has 1 aromatic heterocycles. The Labute approximate surface area is 152 Å². The van der Waals surface area contributed by atoms with E-state index in [9.17, 15) is 4.79 Å². The molecular weight excluding hydrogens is 388 g/mol. The third-order valence-corrected chi connectivity index (χ3v) is 4.45. The van der Waals surface area contributed by atoms with Gasteiger partial charge in [0.25, 0.3) is 0 Å². The Hall–Kier alpha value is -2.25. The van der Waals surface area contributed by atoms with E-state index in [2.05, 4.69) is 36.4 Å². The summed E-state index contributed by atoms with van der Waals surface area (Å²) < 4.78 is 0.966. The number of aromatic nitrogens is 3. The zero-order valence-corrected chi connectivity index (χ0v) is 14.9. The van der Waals surface area contributed by atoms with E-state index < -0.39 is 0 Å². The fraction of sp³-hybridized carbons (Fsp3) is 0.0588. The first kappa shape index (κ1) is 16.6. The van der Waals surface area contributed by atoms with Gasteiger partial charge in [0.05, 0.1) is 11.9 Å². The van der Waals surface area contributed by atoms with Gasteiger partial charge >= 0.3 is 0 Å². The molecule has 1 N–H and O–H groups in total. The van der Waals surface area contributed by atoms with Crippen LogP contribution in [0.5, 0.6) is 0 Å². The number of hydrogen-bond acceptors (Lipinski definition) is 5. The van der Waals surface area contributed by atoms with Gasteiger partial charge in [-0.15, -0.1) is 10.2 Å². The number of anilines is 1. The summed E-state index contributed by atoms with van der Waals surface area (Å²) in [5, 5.41) is 11.5. The number of thioether (sulfide) groups is 1. The lowest BCUT2D eigenvalue weighted by atomic mass is 10.2. The smallest absolute Gasteiger partial charge is 0.234 e. The van der Waals surface area contributed by atoms with Crippen molar-refractivity contribution in [3.05, 3.63) is 65.3 Å². The van der Waals surface area contributed by atoms with Crippen molar-refractivity contribution in [3.63, 3.8) is 0 Å². The van der Waals surface area contributed by atoms with Gasteiger partial charge in [0, 0.05) is 15.7 Å². The number of benzene rings is 2. The summed E-state index contributed by atoms with van der Waals surface area (Å²) in [6, 6.07) is 17.1. The SMILES string of the molecule is O=C(CSc1ncc(-c2ccccc2)nn1)Nc1ccc(Br)cc1. The molecule has 0 spiro atoms. The van der Waals surface area contributed by atoms with Crippen molar-refractivity contribution < 1.29 is 4.79 Å². The summed E-state index contributed by atoms with van der Waals surface area (Å²) in [5.41, 5.74) is 2.42. The Bertz CT molecular complexity index is 810. The summed E-state index contributed by atoms with van der Waals surface area (Å²) in [6.07, 6.45) is 1.66. The highest BCUT2D eigenvalue weighted by molar-refractivity contribution is 9.10. The van der Waals surface area contributed by atoms with Crippen molar-refractivity contribution in [2.24, 2.45) is 0 Å². The molecule has 2 aromatic carbocycles. The molecule has 0 unspecified atom stereocenters. The minimum atomic E-state index is -0.113. The van der Waals surface area contributed by atoms with Gasteiger partial charge in [-0.2, -0.15) is 0 Å². The number of hydrogen-bond donors (Lipinski definition) is 1. The second-order valence-corrected chi connectivity index (χ2v) is 6.69. The molecular formula is C17H13BrN4OS. The molecule has 5 nitrogen and oxygen atoms in total. The van der Waals surface area contributed by atoms with Crippen LogP contribution in [0.4, 0.5) is 5.69 Å². The Kier molecular flexibility index (Phi) is 5.55. The van der Waals surface area contributed by atoms with E-state index in [-0.39, 0.29) is 11.7 Å². The van der Waals surface area contributed by atoms with Gasteiger partial charge in [-0.1, -0.05) is 58.0 Å². The van der Waals surface area contributed by atoms with Crippen LogP contribution in [0.1, 0.15) is 0 Å². The molecule has 0 saturated carbocycles. The van der Waals surface area contributed by atoms with E-state index >= 15 is 0 Å². The molecule has 0 saturated heterocycles. The predicted molar refractivity (Wildman–Crippen MR) is 98.8 cm³/mol. The molecule has 0 bridgehead atoms. The van der Waals surface area contributed by atoms with Gasteiger partial charge < -0.3 is 5.32 Å².